The first-order chi connectivity index (χ1) is 8.31. The molecule has 1 rings (SSSR count). The van der Waals surface area contributed by atoms with Crippen LogP contribution in [-0.4, -0.2) is 42.8 Å². The molecule has 1 aliphatic heterocycles. The van der Waals surface area contributed by atoms with Gasteiger partial charge in [0.25, 0.3) is 0 Å². The van der Waals surface area contributed by atoms with Crippen LogP contribution in [0.5, 0.6) is 0 Å². The lowest BCUT2D eigenvalue weighted by Gasteiger charge is -2.49. The third-order valence-electron chi connectivity index (χ3n) is 4.33. The molecule has 0 saturated carbocycles. The third kappa shape index (κ3) is 3.69. The molecule has 0 amide bonds. The second-order valence-electron chi connectivity index (χ2n) is 6.85. The summed E-state index contributed by atoms with van der Waals surface area (Å²) in [4.78, 5) is 2.61. The number of piperidine rings is 1. The maximum absolute atomic E-state index is 6.39. The summed E-state index contributed by atoms with van der Waals surface area (Å²) in [5, 5.41) is 0. The molecule has 2 N–H and O–H groups in total. The van der Waals surface area contributed by atoms with Crippen molar-refractivity contribution in [2.24, 2.45) is 11.1 Å². The highest BCUT2D eigenvalue weighted by atomic mass is 16.5. The summed E-state index contributed by atoms with van der Waals surface area (Å²) in [7, 11) is 1.83. The molecule has 0 radical (unpaired) electrons. The maximum atomic E-state index is 6.39. The second-order valence-corrected chi connectivity index (χ2v) is 6.85. The molecule has 1 heterocycles. The van der Waals surface area contributed by atoms with Gasteiger partial charge in [-0.1, -0.05) is 27.7 Å². The van der Waals surface area contributed by atoms with Gasteiger partial charge in [0.05, 0.1) is 6.10 Å². The van der Waals surface area contributed by atoms with Gasteiger partial charge in [0.2, 0.25) is 0 Å². The van der Waals surface area contributed by atoms with E-state index >= 15 is 0 Å². The van der Waals surface area contributed by atoms with Crippen molar-refractivity contribution in [3.05, 3.63) is 0 Å². The Morgan fingerprint density at radius 3 is 2.39 bits per heavy atom. The van der Waals surface area contributed by atoms with E-state index in [1.807, 2.05) is 7.11 Å². The minimum atomic E-state index is 0.226. The van der Waals surface area contributed by atoms with Gasteiger partial charge in [-0.05, 0) is 31.6 Å². The molecule has 4 unspecified atom stereocenters. The molecule has 0 bridgehead atoms. The Morgan fingerprint density at radius 2 is 2.00 bits per heavy atom. The number of hydrogen-bond acceptors (Lipinski definition) is 3. The average molecular weight is 256 g/mol. The van der Waals surface area contributed by atoms with Gasteiger partial charge in [-0.15, -0.1) is 0 Å². The molecule has 3 nitrogen and oxygen atoms in total. The Balaban J connectivity index is 2.81. The molecule has 4 atom stereocenters. The Labute approximate surface area is 113 Å². The summed E-state index contributed by atoms with van der Waals surface area (Å²) in [5.74, 6) is 0. The van der Waals surface area contributed by atoms with Gasteiger partial charge in [0, 0.05) is 31.8 Å². The van der Waals surface area contributed by atoms with Crippen LogP contribution in [0.1, 0.15) is 53.9 Å². The molecule has 1 fully saturated rings. The van der Waals surface area contributed by atoms with Crippen molar-refractivity contribution in [3.63, 3.8) is 0 Å². The van der Waals surface area contributed by atoms with Gasteiger partial charge < -0.3 is 10.5 Å². The number of methoxy groups -OCH3 is 1. The van der Waals surface area contributed by atoms with Gasteiger partial charge in [-0.25, -0.2) is 0 Å². The standard InChI is InChI=1S/C15H32N2O/c1-7-13(16)14(15(3,4)5)17-9-8-12(18-6)10-11(17)2/h11-14H,7-10,16H2,1-6H3. The topological polar surface area (TPSA) is 38.5 Å². The molecule has 108 valence electrons. The summed E-state index contributed by atoms with van der Waals surface area (Å²) >= 11 is 0. The quantitative estimate of drug-likeness (QED) is 0.840. The summed E-state index contributed by atoms with van der Waals surface area (Å²) in [6.45, 7) is 12.5. The molecule has 0 aromatic rings. The number of ether oxygens (including phenoxy) is 1. The zero-order valence-corrected chi connectivity index (χ0v) is 13.1. The zero-order valence-electron chi connectivity index (χ0n) is 13.1. The van der Waals surface area contributed by atoms with Crippen LogP contribution in [0.4, 0.5) is 0 Å². The van der Waals surface area contributed by atoms with Gasteiger partial charge in [0.1, 0.15) is 0 Å². The molecule has 0 aliphatic carbocycles. The van der Waals surface area contributed by atoms with Crippen molar-refractivity contribution in [1.82, 2.24) is 4.90 Å². The van der Waals surface area contributed by atoms with Gasteiger partial charge in [0.15, 0.2) is 0 Å². The second kappa shape index (κ2) is 6.36. The number of likely N-dealkylation sites (tertiary alicyclic amines) is 1. The molecule has 3 heteroatoms. The van der Waals surface area contributed by atoms with Gasteiger partial charge in [-0.3, -0.25) is 4.90 Å². The number of nitrogens with two attached hydrogens (primary N) is 1. The van der Waals surface area contributed by atoms with Crippen molar-refractivity contribution in [1.29, 1.82) is 0 Å². The zero-order chi connectivity index (χ0) is 13.9. The largest absolute Gasteiger partial charge is 0.381 e. The fraction of sp³-hybridized carbons (Fsp3) is 1.00. The Kier molecular flexibility index (Phi) is 5.63. The first kappa shape index (κ1) is 15.9. The summed E-state index contributed by atoms with van der Waals surface area (Å²) in [6, 6.07) is 1.27. The maximum Gasteiger partial charge on any atom is 0.0598 e. The van der Waals surface area contributed by atoms with Crippen LogP contribution in [-0.2, 0) is 4.74 Å². The monoisotopic (exact) mass is 256 g/mol. The van der Waals surface area contributed by atoms with E-state index in [1.54, 1.807) is 0 Å². The highest BCUT2D eigenvalue weighted by Crippen LogP contribution is 2.32. The van der Waals surface area contributed by atoms with Crippen LogP contribution in [0.2, 0.25) is 0 Å². The molecular formula is C15H32N2O. The Bertz CT molecular complexity index is 249. The fourth-order valence-electron chi connectivity index (χ4n) is 3.38. The fourth-order valence-corrected chi connectivity index (χ4v) is 3.38. The predicted molar refractivity (Wildman–Crippen MR) is 77.7 cm³/mol. The lowest BCUT2D eigenvalue weighted by molar-refractivity contribution is -0.0321. The molecule has 1 saturated heterocycles. The predicted octanol–water partition coefficient (Wildman–Crippen LogP) is 2.64. The normalized spacial score (nSPS) is 30.2. The lowest BCUT2D eigenvalue weighted by atomic mass is 9.78. The first-order valence-corrected chi connectivity index (χ1v) is 7.35. The van der Waals surface area contributed by atoms with Crippen LogP contribution in [0.25, 0.3) is 0 Å². The van der Waals surface area contributed by atoms with Crippen LogP contribution >= 0.6 is 0 Å². The molecule has 0 spiro atoms. The lowest BCUT2D eigenvalue weighted by Crippen LogP contribution is -2.59. The summed E-state index contributed by atoms with van der Waals surface area (Å²) in [5.41, 5.74) is 6.62. The molecule has 1 aliphatic rings. The van der Waals surface area contributed by atoms with E-state index in [0.717, 1.165) is 25.8 Å². The van der Waals surface area contributed by atoms with E-state index in [0.29, 0.717) is 18.2 Å². The molecular weight excluding hydrogens is 224 g/mol. The SMILES string of the molecule is CCC(N)C(N1CCC(OC)CC1C)C(C)(C)C. The van der Waals surface area contributed by atoms with Crippen molar-refractivity contribution in [3.8, 4) is 0 Å². The van der Waals surface area contributed by atoms with Crippen molar-refractivity contribution >= 4 is 0 Å². The van der Waals surface area contributed by atoms with E-state index in [2.05, 4.69) is 39.5 Å². The van der Waals surface area contributed by atoms with Crippen molar-refractivity contribution < 1.29 is 4.74 Å². The first-order valence-electron chi connectivity index (χ1n) is 7.35. The van der Waals surface area contributed by atoms with Crippen LogP contribution in [0.3, 0.4) is 0 Å². The molecule has 18 heavy (non-hydrogen) atoms. The van der Waals surface area contributed by atoms with E-state index in [-0.39, 0.29) is 11.5 Å². The highest BCUT2D eigenvalue weighted by Gasteiger charge is 2.39. The van der Waals surface area contributed by atoms with Crippen LogP contribution < -0.4 is 5.73 Å². The van der Waals surface area contributed by atoms with Crippen LogP contribution in [0, 0.1) is 5.41 Å². The van der Waals surface area contributed by atoms with Gasteiger partial charge in [-0.2, -0.15) is 0 Å². The van der Waals surface area contributed by atoms with Crippen molar-refractivity contribution in [2.45, 2.75) is 78.1 Å². The van der Waals surface area contributed by atoms with E-state index in [9.17, 15) is 0 Å². The molecule has 0 aromatic carbocycles. The van der Waals surface area contributed by atoms with E-state index in [4.69, 9.17) is 10.5 Å². The van der Waals surface area contributed by atoms with Crippen molar-refractivity contribution in [2.75, 3.05) is 13.7 Å². The number of rotatable bonds is 4. The van der Waals surface area contributed by atoms with E-state index < -0.39 is 0 Å². The number of nitrogens with zero attached hydrogens (tertiary/aromatic N) is 1. The van der Waals surface area contributed by atoms with Gasteiger partial charge >= 0.3 is 0 Å². The smallest absolute Gasteiger partial charge is 0.0598 e. The Hall–Kier alpha value is -0.120. The van der Waals surface area contributed by atoms with Crippen LogP contribution in [0.15, 0.2) is 0 Å². The highest BCUT2D eigenvalue weighted by molar-refractivity contribution is 4.95. The minimum absolute atomic E-state index is 0.226. The molecule has 0 aromatic heterocycles. The number of hydrogen-bond donors (Lipinski definition) is 1. The third-order valence-corrected chi connectivity index (χ3v) is 4.33. The Morgan fingerprint density at radius 1 is 1.39 bits per heavy atom. The summed E-state index contributed by atoms with van der Waals surface area (Å²) < 4.78 is 5.50. The van der Waals surface area contributed by atoms with E-state index in [1.165, 1.54) is 0 Å². The summed E-state index contributed by atoms with van der Waals surface area (Å²) in [6.07, 6.45) is 3.72. The average Bonchev–Trinajstić information content (AvgIpc) is 2.29. The minimum Gasteiger partial charge on any atom is -0.381 e.